The number of benzene rings is 3. The Kier molecular flexibility index (Phi) is 9.27. The van der Waals surface area contributed by atoms with Crippen molar-refractivity contribution in [3.63, 3.8) is 0 Å². The number of carbonyl (C=O) groups is 1. The van der Waals surface area contributed by atoms with E-state index in [2.05, 4.69) is 4.99 Å². The van der Waals surface area contributed by atoms with Crippen LogP contribution in [-0.4, -0.2) is 24.3 Å². The predicted molar refractivity (Wildman–Crippen MR) is 166 cm³/mol. The maximum absolute atomic E-state index is 13.8. The van der Waals surface area contributed by atoms with Gasteiger partial charge >= 0.3 is 5.97 Å². The molecule has 12 heteroatoms. The van der Waals surface area contributed by atoms with Crippen molar-refractivity contribution in [3.05, 3.63) is 123 Å². The van der Waals surface area contributed by atoms with E-state index in [9.17, 15) is 14.0 Å². The second kappa shape index (κ2) is 12.9. The molecule has 7 nitrogen and oxygen atoms in total. The Morgan fingerprint density at radius 3 is 2.49 bits per heavy atom. The first-order valence-electron chi connectivity index (χ1n) is 13.0. The van der Waals surface area contributed by atoms with Gasteiger partial charge in [0.05, 0.1) is 50.6 Å². The van der Waals surface area contributed by atoms with Gasteiger partial charge in [0.15, 0.2) is 16.3 Å². The molecule has 3 aromatic carbocycles. The fourth-order valence-corrected chi connectivity index (χ4v) is 6.29. The third-order valence-electron chi connectivity index (χ3n) is 6.62. The maximum atomic E-state index is 13.8. The van der Waals surface area contributed by atoms with Crippen molar-refractivity contribution >= 4 is 58.2 Å². The average molecular weight is 662 g/mol. The number of allylic oxidation sites excluding steroid dienone is 1. The summed E-state index contributed by atoms with van der Waals surface area (Å²) < 4.78 is 32.3. The number of thiazole rings is 1. The minimum absolute atomic E-state index is 0.145. The highest BCUT2D eigenvalue weighted by Gasteiger charge is 2.33. The summed E-state index contributed by atoms with van der Waals surface area (Å²) in [6.07, 6.45) is 1.66. The molecule has 43 heavy (non-hydrogen) atoms. The number of nitrogens with zero attached hydrogens (tertiary/aromatic N) is 2. The van der Waals surface area contributed by atoms with Gasteiger partial charge < -0.3 is 14.2 Å². The molecule has 0 bridgehead atoms. The molecule has 0 spiro atoms. The van der Waals surface area contributed by atoms with Crippen LogP contribution in [0.2, 0.25) is 15.1 Å². The number of hydrogen-bond acceptors (Lipinski definition) is 7. The molecule has 1 aromatic heterocycles. The van der Waals surface area contributed by atoms with Crippen molar-refractivity contribution in [1.82, 2.24) is 4.57 Å². The summed E-state index contributed by atoms with van der Waals surface area (Å²) in [5, 5.41) is 1.11. The Labute approximate surface area is 265 Å². The van der Waals surface area contributed by atoms with Crippen molar-refractivity contribution < 1.29 is 23.4 Å². The number of rotatable bonds is 8. The molecule has 222 valence electrons. The van der Waals surface area contributed by atoms with Gasteiger partial charge in [-0.05, 0) is 73.0 Å². The van der Waals surface area contributed by atoms with Gasteiger partial charge in [0.1, 0.15) is 12.4 Å². The zero-order valence-corrected chi connectivity index (χ0v) is 26.2. The van der Waals surface area contributed by atoms with E-state index in [0.29, 0.717) is 47.7 Å². The highest BCUT2D eigenvalue weighted by atomic mass is 35.5. The van der Waals surface area contributed by atoms with Crippen LogP contribution in [0.25, 0.3) is 6.08 Å². The predicted octanol–water partition coefficient (Wildman–Crippen LogP) is 6.49. The van der Waals surface area contributed by atoms with Crippen molar-refractivity contribution in [2.24, 2.45) is 4.99 Å². The van der Waals surface area contributed by atoms with Crippen LogP contribution >= 0.6 is 46.1 Å². The topological polar surface area (TPSA) is 79.1 Å². The number of aromatic nitrogens is 1. The summed E-state index contributed by atoms with van der Waals surface area (Å²) in [7, 11) is 1.48. The molecule has 4 aromatic rings. The van der Waals surface area contributed by atoms with Gasteiger partial charge in [-0.25, -0.2) is 14.2 Å². The maximum Gasteiger partial charge on any atom is 0.338 e. The third-order valence-corrected chi connectivity index (χ3v) is 8.62. The molecule has 1 atom stereocenters. The Bertz CT molecular complexity index is 1940. The van der Waals surface area contributed by atoms with Crippen molar-refractivity contribution in [2.45, 2.75) is 26.5 Å². The fraction of sp³-hybridized carbons (Fsp3) is 0.194. The second-order valence-electron chi connectivity index (χ2n) is 9.43. The smallest absolute Gasteiger partial charge is 0.338 e. The van der Waals surface area contributed by atoms with E-state index >= 15 is 0 Å². The van der Waals surface area contributed by atoms with Gasteiger partial charge in [0.2, 0.25) is 0 Å². The molecule has 1 aliphatic rings. The summed E-state index contributed by atoms with van der Waals surface area (Å²) >= 11 is 19.9. The summed E-state index contributed by atoms with van der Waals surface area (Å²) in [5.41, 5.74) is 2.14. The van der Waals surface area contributed by atoms with Crippen LogP contribution < -0.4 is 24.4 Å². The highest BCUT2D eigenvalue weighted by Crippen LogP contribution is 2.37. The number of halogens is 4. The van der Waals surface area contributed by atoms with Crippen molar-refractivity contribution in [3.8, 4) is 11.5 Å². The van der Waals surface area contributed by atoms with Gasteiger partial charge in [-0.15, -0.1) is 0 Å². The van der Waals surface area contributed by atoms with Gasteiger partial charge in [0.25, 0.3) is 5.56 Å². The number of methoxy groups -OCH3 is 1. The summed E-state index contributed by atoms with van der Waals surface area (Å²) in [6, 6.07) is 13.3. The Balaban J connectivity index is 1.56. The SMILES string of the molecule is CCOC(=O)C1=C(C)N=c2s/c(=C\c3cc(Cl)c(OCc4ccc(Cl)c(Cl)c4)c(OC)c3)c(=O)n2[C@@H]1c1ccc(F)cc1. The molecule has 0 unspecified atom stereocenters. The van der Waals surface area contributed by atoms with Crippen LogP contribution in [0.3, 0.4) is 0 Å². The second-order valence-corrected chi connectivity index (χ2v) is 11.7. The lowest BCUT2D eigenvalue weighted by Crippen LogP contribution is -2.39. The molecule has 5 rings (SSSR count). The molecule has 1 aliphatic heterocycles. The molecule has 0 amide bonds. The first-order valence-corrected chi connectivity index (χ1v) is 15.0. The van der Waals surface area contributed by atoms with E-state index < -0.39 is 17.8 Å². The molecule has 0 aliphatic carbocycles. The van der Waals surface area contributed by atoms with Crippen LogP contribution in [0.15, 0.2) is 75.7 Å². The Morgan fingerprint density at radius 1 is 1.07 bits per heavy atom. The minimum Gasteiger partial charge on any atom is -0.493 e. The lowest BCUT2D eigenvalue weighted by atomic mass is 9.96. The zero-order valence-electron chi connectivity index (χ0n) is 23.1. The van der Waals surface area contributed by atoms with Gasteiger partial charge in [-0.3, -0.25) is 9.36 Å². The van der Waals surface area contributed by atoms with Gasteiger partial charge in [-0.2, -0.15) is 0 Å². The molecule has 0 N–H and O–H groups in total. The normalized spacial score (nSPS) is 14.8. The largest absolute Gasteiger partial charge is 0.493 e. The first kappa shape index (κ1) is 30.8. The van der Waals surface area contributed by atoms with Gasteiger partial charge in [0, 0.05) is 0 Å². The van der Waals surface area contributed by atoms with Crippen LogP contribution in [-0.2, 0) is 16.1 Å². The lowest BCUT2D eigenvalue weighted by Gasteiger charge is -2.24. The quantitative estimate of drug-likeness (QED) is 0.202. The van der Waals surface area contributed by atoms with E-state index in [1.807, 2.05) is 0 Å². The van der Waals surface area contributed by atoms with Crippen molar-refractivity contribution in [1.29, 1.82) is 0 Å². The highest BCUT2D eigenvalue weighted by molar-refractivity contribution is 7.07. The first-order chi connectivity index (χ1) is 20.6. The molecular formula is C31H24Cl3FN2O5S. The number of fused-ring (bicyclic) bond motifs is 1. The summed E-state index contributed by atoms with van der Waals surface area (Å²) in [4.78, 5) is 31.8. The third kappa shape index (κ3) is 6.35. The summed E-state index contributed by atoms with van der Waals surface area (Å²) in [5.74, 6) is -0.360. The molecular weight excluding hydrogens is 638 g/mol. The van der Waals surface area contributed by atoms with E-state index in [1.54, 1.807) is 50.3 Å². The van der Waals surface area contributed by atoms with Crippen LogP contribution in [0.4, 0.5) is 4.39 Å². The number of hydrogen-bond donors (Lipinski definition) is 0. The van der Waals surface area contributed by atoms with Crippen LogP contribution in [0.1, 0.15) is 36.6 Å². The molecule has 0 saturated heterocycles. The molecule has 0 fully saturated rings. The molecule has 2 heterocycles. The van der Waals surface area contributed by atoms with Crippen LogP contribution in [0.5, 0.6) is 11.5 Å². The number of carbonyl (C=O) groups excluding carboxylic acids is 1. The zero-order chi connectivity index (χ0) is 30.8. The monoisotopic (exact) mass is 660 g/mol. The average Bonchev–Trinajstić information content (AvgIpc) is 3.27. The number of ether oxygens (including phenoxy) is 3. The molecule has 0 radical (unpaired) electrons. The van der Waals surface area contributed by atoms with E-state index in [-0.39, 0.29) is 29.4 Å². The lowest BCUT2D eigenvalue weighted by molar-refractivity contribution is -0.139. The van der Waals surface area contributed by atoms with Crippen LogP contribution in [0, 0.1) is 5.82 Å². The van der Waals surface area contributed by atoms with E-state index in [4.69, 9.17) is 49.0 Å². The van der Waals surface area contributed by atoms with Crippen molar-refractivity contribution in [2.75, 3.05) is 13.7 Å². The Morgan fingerprint density at radius 2 is 1.81 bits per heavy atom. The molecule has 0 saturated carbocycles. The van der Waals surface area contributed by atoms with E-state index in [0.717, 1.165) is 16.9 Å². The number of esters is 1. The van der Waals surface area contributed by atoms with E-state index in [1.165, 1.54) is 35.9 Å². The summed E-state index contributed by atoms with van der Waals surface area (Å²) in [6.45, 7) is 3.68. The Hall–Kier alpha value is -3.63. The fourth-order valence-electron chi connectivity index (χ4n) is 4.65. The standard InChI is InChI=1S/C31H24Cl3FN2O5S/c1-4-41-30(39)26-16(2)36-31-37(27(26)19-6-8-20(35)9-7-19)29(38)25(43-31)14-18-12-23(34)28(24(13-18)40-3)42-15-17-5-10-21(32)22(33)11-17/h5-14,27H,4,15H2,1-3H3/b25-14-/t27-/m1/s1. The minimum atomic E-state index is -0.853. The van der Waals surface area contributed by atoms with Gasteiger partial charge in [-0.1, -0.05) is 64.3 Å².